The lowest BCUT2D eigenvalue weighted by Crippen LogP contribution is -2.07. The van der Waals surface area contributed by atoms with Crippen LogP contribution in [0.2, 0.25) is 0 Å². The number of amides is 1. The number of benzene rings is 1. The first kappa shape index (κ1) is 11.3. The molecule has 0 radical (unpaired) electrons. The second kappa shape index (κ2) is 4.78. The standard InChI is InChI=1S/C12H13N3O2/c1-3-17-9-6-10-12(14-5-4-13-10)11(7-9)15-8(2)16/h4-7H,3H2,1-2H3,(H,15,16). The molecule has 0 bridgehead atoms. The molecular weight excluding hydrogens is 218 g/mol. The zero-order valence-electron chi connectivity index (χ0n) is 9.73. The number of aromatic nitrogens is 2. The minimum Gasteiger partial charge on any atom is -0.494 e. The summed E-state index contributed by atoms with van der Waals surface area (Å²) in [5.41, 5.74) is 1.97. The minimum absolute atomic E-state index is 0.148. The van der Waals surface area contributed by atoms with E-state index < -0.39 is 0 Å². The number of carbonyl (C=O) groups excluding carboxylic acids is 1. The van der Waals surface area contributed by atoms with Gasteiger partial charge in [-0.15, -0.1) is 0 Å². The van der Waals surface area contributed by atoms with E-state index in [9.17, 15) is 4.79 Å². The Kier molecular flexibility index (Phi) is 3.18. The summed E-state index contributed by atoms with van der Waals surface area (Å²) in [7, 11) is 0. The molecule has 0 unspecified atom stereocenters. The molecule has 0 aliphatic carbocycles. The van der Waals surface area contributed by atoms with Crippen LogP contribution in [-0.2, 0) is 4.79 Å². The summed E-state index contributed by atoms with van der Waals surface area (Å²) >= 11 is 0. The van der Waals surface area contributed by atoms with E-state index in [-0.39, 0.29) is 5.91 Å². The van der Waals surface area contributed by atoms with Gasteiger partial charge in [-0.1, -0.05) is 0 Å². The summed E-state index contributed by atoms with van der Waals surface area (Å²) in [6.45, 7) is 3.92. The maximum Gasteiger partial charge on any atom is 0.221 e. The molecule has 0 saturated heterocycles. The van der Waals surface area contributed by atoms with E-state index in [1.165, 1.54) is 6.92 Å². The molecule has 1 N–H and O–H groups in total. The number of nitrogens with one attached hydrogen (secondary N) is 1. The third-order valence-corrected chi connectivity index (χ3v) is 2.17. The smallest absolute Gasteiger partial charge is 0.221 e. The van der Waals surface area contributed by atoms with Crippen LogP contribution in [0.25, 0.3) is 11.0 Å². The van der Waals surface area contributed by atoms with Gasteiger partial charge < -0.3 is 10.1 Å². The van der Waals surface area contributed by atoms with Crippen molar-refractivity contribution in [1.29, 1.82) is 0 Å². The second-order valence-corrected chi connectivity index (χ2v) is 3.51. The van der Waals surface area contributed by atoms with Gasteiger partial charge in [0.1, 0.15) is 11.3 Å². The third kappa shape index (κ3) is 2.50. The molecule has 0 aliphatic heterocycles. The molecular formula is C12H13N3O2. The zero-order chi connectivity index (χ0) is 12.3. The van der Waals surface area contributed by atoms with Gasteiger partial charge >= 0.3 is 0 Å². The van der Waals surface area contributed by atoms with Crippen molar-refractivity contribution in [1.82, 2.24) is 9.97 Å². The van der Waals surface area contributed by atoms with Crippen LogP contribution in [0.1, 0.15) is 13.8 Å². The molecule has 0 atom stereocenters. The van der Waals surface area contributed by atoms with E-state index in [0.717, 1.165) is 0 Å². The second-order valence-electron chi connectivity index (χ2n) is 3.51. The fraction of sp³-hybridized carbons (Fsp3) is 0.250. The molecule has 17 heavy (non-hydrogen) atoms. The van der Waals surface area contributed by atoms with E-state index in [2.05, 4.69) is 15.3 Å². The number of carbonyl (C=O) groups is 1. The van der Waals surface area contributed by atoms with Crippen LogP contribution < -0.4 is 10.1 Å². The summed E-state index contributed by atoms with van der Waals surface area (Å²) in [6, 6.07) is 3.55. The highest BCUT2D eigenvalue weighted by molar-refractivity contribution is 5.98. The first-order chi connectivity index (χ1) is 8.20. The summed E-state index contributed by atoms with van der Waals surface area (Å²) in [5.74, 6) is 0.523. The Morgan fingerprint density at radius 3 is 2.82 bits per heavy atom. The molecule has 2 aromatic rings. The summed E-state index contributed by atoms with van der Waals surface area (Å²) in [6.07, 6.45) is 3.20. The minimum atomic E-state index is -0.148. The number of hydrogen-bond donors (Lipinski definition) is 1. The normalized spacial score (nSPS) is 10.2. The molecule has 1 aromatic heterocycles. The van der Waals surface area contributed by atoms with Crippen LogP contribution >= 0.6 is 0 Å². The highest BCUT2D eigenvalue weighted by atomic mass is 16.5. The van der Waals surface area contributed by atoms with E-state index in [1.54, 1.807) is 24.5 Å². The van der Waals surface area contributed by atoms with E-state index in [4.69, 9.17) is 4.74 Å². The maximum atomic E-state index is 11.1. The molecule has 88 valence electrons. The molecule has 0 aliphatic rings. The number of rotatable bonds is 3. The predicted octanol–water partition coefficient (Wildman–Crippen LogP) is 1.99. The Morgan fingerprint density at radius 1 is 1.35 bits per heavy atom. The molecule has 2 rings (SSSR count). The Labute approximate surface area is 98.8 Å². The molecule has 1 heterocycles. The number of hydrogen-bond acceptors (Lipinski definition) is 4. The van der Waals surface area contributed by atoms with Crippen LogP contribution in [0.4, 0.5) is 5.69 Å². The van der Waals surface area contributed by atoms with Crippen molar-refractivity contribution in [3.05, 3.63) is 24.5 Å². The van der Waals surface area contributed by atoms with Crippen LogP contribution in [0.3, 0.4) is 0 Å². The monoisotopic (exact) mass is 231 g/mol. The average Bonchev–Trinajstić information content (AvgIpc) is 2.29. The lowest BCUT2D eigenvalue weighted by Gasteiger charge is -2.09. The van der Waals surface area contributed by atoms with Crippen LogP contribution in [0.15, 0.2) is 24.5 Å². The molecule has 5 nitrogen and oxygen atoms in total. The third-order valence-electron chi connectivity index (χ3n) is 2.17. The van der Waals surface area contributed by atoms with Crippen molar-refractivity contribution >= 4 is 22.6 Å². The van der Waals surface area contributed by atoms with Crippen molar-refractivity contribution in [3.63, 3.8) is 0 Å². The van der Waals surface area contributed by atoms with Gasteiger partial charge in [-0.25, -0.2) is 0 Å². The van der Waals surface area contributed by atoms with E-state index in [1.807, 2.05) is 6.92 Å². The van der Waals surface area contributed by atoms with Crippen molar-refractivity contribution in [2.24, 2.45) is 0 Å². The van der Waals surface area contributed by atoms with E-state index >= 15 is 0 Å². The molecule has 0 fully saturated rings. The fourth-order valence-corrected chi connectivity index (χ4v) is 1.58. The quantitative estimate of drug-likeness (QED) is 0.877. The van der Waals surface area contributed by atoms with Crippen LogP contribution in [0, 0.1) is 0 Å². The Balaban J connectivity index is 2.56. The maximum absolute atomic E-state index is 11.1. The van der Waals surface area contributed by atoms with Crippen molar-refractivity contribution in [3.8, 4) is 5.75 Å². The number of ether oxygens (including phenoxy) is 1. The van der Waals surface area contributed by atoms with Crippen molar-refractivity contribution in [2.45, 2.75) is 13.8 Å². The predicted molar refractivity (Wildman–Crippen MR) is 65.0 cm³/mol. The number of fused-ring (bicyclic) bond motifs is 1. The average molecular weight is 231 g/mol. The zero-order valence-corrected chi connectivity index (χ0v) is 9.73. The topological polar surface area (TPSA) is 64.1 Å². The Hall–Kier alpha value is -2.17. The van der Waals surface area contributed by atoms with Gasteiger partial charge in [0.25, 0.3) is 0 Å². The van der Waals surface area contributed by atoms with Gasteiger partial charge in [-0.2, -0.15) is 0 Å². The van der Waals surface area contributed by atoms with Gasteiger partial charge in [-0.05, 0) is 6.92 Å². The van der Waals surface area contributed by atoms with Crippen molar-refractivity contribution in [2.75, 3.05) is 11.9 Å². The molecule has 1 amide bonds. The van der Waals surface area contributed by atoms with Crippen LogP contribution in [0.5, 0.6) is 5.75 Å². The van der Waals surface area contributed by atoms with Gasteiger partial charge in [-0.3, -0.25) is 14.8 Å². The lowest BCUT2D eigenvalue weighted by molar-refractivity contribution is -0.114. The van der Waals surface area contributed by atoms with Gasteiger partial charge in [0, 0.05) is 31.5 Å². The summed E-state index contributed by atoms with van der Waals surface area (Å²) in [5, 5.41) is 2.73. The molecule has 0 saturated carbocycles. The molecule has 5 heteroatoms. The molecule has 0 spiro atoms. The number of nitrogens with zero attached hydrogens (tertiary/aromatic N) is 2. The lowest BCUT2D eigenvalue weighted by atomic mass is 10.2. The Bertz CT molecular complexity index is 554. The van der Waals surface area contributed by atoms with Gasteiger partial charge in [0.2, 0.25) is 5.91 Å². The summed E-state index contributed by atoms with van der Waals surface area (Å²) < 4.78 is 5.42. The van der Waals surface area contributed by atoms with Crippen LogP contribution in [-0.4, -0.2) is 22.5 Å². The molecule has 1 aromatic carbocycles. The largest absolute Gasteiger partial charge is 0.494 e. The van der Waals surface area contributed by atoms with Gasteiger partial charge in [0.05, 0.1) is 17.8 Å². The number of anilines is 1. The highest BCUT2D eigenvalue weighted by Crippen LogP contribution is 2.26. The first-order valence-corrected chi connectivity index (χ1v) is 5.36. The fourth-order valence-electron chi connectivity index (χ4n) is 1.58. The first-order valence-electron chi connectivity index (χ1n) is 5.36. The van der Waals surface area contributed by atoms with E-state index in [0.29, 0.717) is 29.1 Å². The summed E-state index contributed by atoms with van der Waals surface area (Å²) in [4.78, 5) is 19.5. The SMILES string of the molecule is CCOc1cc(NC(C)=O)c2nccnc2c1. The van der Waals surface area contributed by atoms with Gasteiger partial charge in [0.15, 0.2) is 0 Å². The highest BCUT2D eigenvalue weighted by Gasteiger charge is 2.07. The Morgan fingerprint density at radius 2 is 2.12 bits per heavy atom. The van der Waals surface area contributed by atoms with Crippen molar-refractivity contribution < 1.29 is 9.53 Å².